The molecule has 1 heterocycles. The van der Waals surface area contributed by atoms with E-state index in [1.54, 1.807) is 12.3 Å². The summed E-state index contributed by atoms with van der Waals surface area (Å²) in [5.74, 6) is 0. The Kier molecular flexibility index (Phi) is 4.21. The van der Waals surface area contributed by atoms with E-state index in [1.807, 2.05) is 0 Å². The van der Waals surface area contributed by atoms with Crippen LogP contribution in [0.5, 0.6) is 0 Å². The topological polar surface area (TPSA) is 38.9 Å². The normalized spacial score (nSPS) is 10.6. The fraction of sp³-hybridized carbons (Fsp3) is 0.267. The third-order valence-corrected chi connectivity index (χ3v) is 3.14. The van der Waals surface area contributed by atoms with E-state index in [4.69, 9.17) is 17.3 Å². The van der Waals surface area contributed by atoms with E-state index in [1.165, 1.54) is 18.4 Å². The minimum absolute atomic E-state index is 0.566. The average molecular weight is 261 g/mol. The van der Waals surface area contributed by atoms with E-state index in [9.17, 15) is 0 Å². The molecule has 3 heteroatoms. The van der Waals surface area contributed by atoms with Gasteiger partial charge >= 0.3 is 0 Å². The van der Waals surface area contributed by atoms with Crippen LogP contribution in [0.15, 0.2) is 36.5 Å². The minimum Gasteiger partial charge on any atom is -0.397 e. The molecule has 2 N–H and O–H groups in total. The van der Waals surface area contributed by atoms with Gasteiger partial charge in [0.05, 0.1) is 16.4 Å². The van der Waals surface area contributed by atoms with Crippen molar-refractivity contribution in [1.29, 1.82) is 0 Å². The first kappa shape index (κ1) is 12.9. The molecule has 1 aromatic heterocycles. The Labute approximate surface area is 113 Å². The number of aryl methyl sites for hydroxylation is 1. The summed E-state index contributed by atoms with van der Waals surface area (Å²) in [5, 5.41) is 0.566. The average Bonchev–Trinajstić information content (AvgIpc) is 2.37. The highest BCUT2D eigenvalue weighted by molar-refractivity contribution is 6.30. The summed E-state index contributed by atoms with van der Waals surface area (Å²) >= 11 is 5.84. The largest absolute Gasteiger partial charge is 0.397 e. The van der Waals surface area contributed by atoms with Gasteiger partial charge in [0.1, 0.15) is 0 Å². The second-order valence-corrected chi connectivity index (χ2v) is 4.83. The van der Waals surface area contributed by atoms with E-state index >= 15 is 0 Å². The molecule has 0 unspecified atom stereocenters. The van der Waals surface area contributed by atoms with Gasteiger partial charge < -0.3 is 5.73 Å². The number of anilines is 1. The maximum Gasteiger partial charge on any atom is 0.0932 e. The molecule has 0 saturated carbocycles. The molecular weight excluding hydrogens is 244 g/mol. The van der Waals surface area contributed by atoms with E-state index < -0.39 is 0 Å². The van der Waals surface area contributed by atoms with Crippen LogP contribution in [0, 0.1) is 0 Å². The quantitative estimate of drug-likeness (QED) is 0.889. The summed E-state index contributed by atoms with van der Waals surface area (Å²) < 4.78 is 0. The number of nitrogens with zero attached hydrogens (tertiary/aromatic N) is 1. The Morgan fingerprint density at radius 2 is 1.94 bits per heavy atom. The van der Waals surface area contributed by atoms with Gasteiger partial charge in [0, 0.05) is 11.8 Å². The van der Waals surface area contributed by atoms with Gasteiger partial charge in [0.2, 0.25) is 0 Å². The Hall–Kier alpha value is -1.54. The first-order valence-electron chi connectivity index (χ1n) is 6.21. The predicted molar refractivity (Wildman–Crippen MR) is 77.7 cm³/mol. The molecule has 0 amide bonds. The lowest BCUT2D eigenvalue weighted by Gasteiger charge is -2.06. The lowest BCUT2D eigenvalue weighted by Crippen LogP contribution is -1.93. The van der Waals surface area contributed by atoms with Crippen molar-refractivity contribution in [3.63, 3.8) is 0 Å². The number of hydrogen-bond donors (Lipinski definition) is 1. The fourth-order valence-corrected chi connectivity index (χ4v) is 2.07. The first-order chi connectivity index (χ1) is 8.70. The Balaban J connectivity index is 2.23. The molecule has 0 spiro atoms. The van der Waals surface area contributed by atoms with Crippen molar-refractivity contribution in [3.05, 3.63) is 47.1 Å². The minimum atomic E-state index is 0.566. The molecule has 2 nitrogen and oxygen atoms in total. The number of pyridine rings is 1. The zero-order valence-electron chi connectivity index (χ0n) is 10.5. The highest BCUT2D eigenvalue weighted by atomic mass is 35.5. The summed E-state index contributed by atoms with van der Waals surface area (Å²) in [6, 6.07) is 10.1. The van der Waals surface area contributed by atoms with Crippen molar-refractivity contribution in [3.8, 4) is 11.3 Å². The van der Waals surface area contributed by atoms with Crippen LogP contribution in [-0.4, -0.2) is 4.98 Å². The third kappa shape index (κ3) is 3.02. The molecule has 0 atom stereocenters. The second-order valence-electron chi connectivity index (χ2n) is 4.39. The molecule has 2 rings (SSSR count). The number of nitrogen functional groups attached to an aromatic ring is 1. The number of benzene rings is 1. The maximum atomic E-state index is 5.92. The molecule has 0 fully saturated rings. The van der Waals surface area contributed by atoms with Crippen LogP contribution in [0.25, 0.3) is 11.3 Å². The van der Waals surface area contributed by atoms with Crippen LogP contribution in [0.4, 0.5) is 5.69 Å². The van der Waals surface area contributed by atoms with Crippen molar-refractivity contribution < 1.29 is 0 Å². The van der Waals surface area contributed by atoms with Crippen molar-refractivity contribution >= 4 is 17.3 Å². The monoisotopic (exact) mass is 260 g/mol. The summed E-state index contributed by atoms with van der Waals surface area (Å²) in [4.78, 5) is 4.28. The number of nitrogens with two attached hydrogens (primary N) is 1. The zero-order valence-corrected chi connectivity index (χ0v) is 11.2. The fourth-order valence-electron chi connectivity index (χ4n) is 1.91. The number of aromatic nitrogens is 1. The van der Waals surface area contributed by atoms with E-state index in [0.717, 1.165) is 17.7 Å². The van der Waals surface area contributed by atoms with Crippen LogP contribution in [0.2, 0.25) is 5.02 Å². The lowest BCUT2D eigenvalue weighted by atomic mass is 10.0. The van der Waals surface area contributed by atoms with E-state index in [-0.39, 0.29) is 0 Å². The highest BCUT2D eigenvalue weighted by Gasteiger charge is 2.05. The van der Waals surface area contributed by atoms with Gasteiger partial charge in [-0.15, -0.1) is 0 Å². The van der Waals surface area contributed by atoms with Crippen LogP contribution in [-0.2, 0) is 6.42 Å². The smallest absolute Gasteiger partial charge is 0.0932 e. The van der Waals surface area contributed by atoms with Gasteiger partial charge in [-0.05, 0) is 24.5 Å². The van der Waals surface area contributed by atoms with Crippen LogP contribution in [0.3, 0.4) is 0 Å². The molecule has 18 heavy (non-hydrogen) atoms. The summed E-state index contributed by atoms with van der Waals surface area (Å²) in [6.07, 6.45) is 5.19. The second kappa shape index (κ2) is 5.87. The molecule has 0 saturated heterocycles. The van der Waals surface area contributed by atoms with Gasteiger partial charge in [0.15, 0.2) is 0 Å². The number of rotatable bonds is 4. The van der Waals surface area contributed by atoms with Crippen molar-refractivity contribution in [2.24, 2.45) is 0 Å². The SMILES string of the molecule is CCCCc1ccc(-c2ncc(Cl)cc2N)cc1. The highest BCUT2D eigenvalue weighted by Crippen LogP contribution is 2.26. The van der Waals surface area contributed by atoms with Crippen LogP contribution < -0.4 is 5.73 Å². The maximum absolute atomic E-state index is 5.92. The molecular formula is C15H17ClN2. The molecule has 0 aliphatic carbocycles. The summed E-state index contributed by atoms with van der Waals surface area (Å²) in [7, 11) is 0. The van der Waals surface area contributed by atoms with Crippen molar-refractivity contribution in [2.75, 3.05) is 5.73 Å². The van der Waals surface area contributed by atoms with Crippen molar-refractivity contribution in [2.45, 2.75) is 26.2 Å². The molecule has 0 aliphatic rings. The summed E-state index contributed by atoms with van der Waals surface area (Å²) in [6.45, 7) is 2.20. The summed E-state index contributed by atoms with van der Waals surface area (Å²) in [5.41, 5.74) is 9.72. The van der Waals surface area contributed by atoms with Gasteiger partial charge in [-0.3, -0.25) is 4.98 Å². The number of hydrogen-bond acceptors (Lipinski definition) is 2. The molecule has 0 aliphatic heterocycles. The van der Waals surface area contributed by atoms with E-state index in [0.29, 0.717) is 10.7 Å². The Bertz CT molecular complexity index is 521. The Morgan fingerprint density at radius 3 is 2.56 bits per heavy atom. The first-order valence-corrected chi connectivity index (χ1v) is 6.59. The van der Waals surface area contributed by atoms with E-state index in [2.05, 4.69) is 36.2 Å². The zero-order chi connectivity index (χ0) is 13.0. The van der Waals surface area contributed by atoms with Gasteiger partial charge in [0.25, 0.3) is 0 Å². The van der Waals surface area contributed by atoms with Crippen molar-refractivity contribution in [1.82, 2.24) is 4.98 Å². The number of halogens is 1. The molecule has 94 valence electrons. The van der Waals surface area contributed by atoms with Gasteiger partial charge in [-0.25, -0.2) is 0 Å². The third-order valence-electron chi connectivity index (χ3n) is 2.93. The van der Waals surface area contributed by atoms with Gasteiger partial charge in [-0.2, -0.15) is 0 Å². The van der Waals surface area contributed by atoms with Crippen LogP contribution in [0.1, 0.15) is 25.3 Å². The van der Waals surface area contributed by atoms with Crippen LogP contribution >= 0.6 is 11.6 Å². The number of unbranched alkanes of at least 4 members (excludes halogenated alkanes) is 1. The molecule has 0 bridgehead atoms. The standard InChI is InChI=1S/C15H17ClN2/c1-2-3-4-11-5-7-12(8-6-11)15-14(17)9-13(16)10-18-15/h5-10H,2-4,17H2,1H3. The molecule has 0 radical (unpaired) electrons. The molecule has 2 aromatic rings. The molecule has 1 aromatic carbocycles. The van der Waals surface area contributed by atoms with Gasteiger partial charge in [-0.1, -0.05) is 49.2 Å². The Morgan fingerprint density at radius 1 is 1.22 bits per heavy atom. The predicted octanol–water partition coefficient (Wildman–Crippen LogP) is 4.33. The lowest BCUT2D eigenvalue weighted by molar-refractivity contribution is 0.795.